The van der Waals surface area contributed by atoms with Crippen molar-refractivity contribution in [1.82, 2.24) is 5.32 Å². The Bertz CT molecular complexity index is 671. The zero-order valence-electron chi connectivity index (χ0n) is 13.1. The summed E-state index contributed by atoms with van der Waals surface area (Å²) in [5.41, 5.74) is 2.27. The molecule has 1 amide bonds. The Morgan fingerprint density at radius 1 is 1.17 bits per heavy atom. The van der Waals surface area contributed by atoms with Crippen LogP contribution < -0.4 is 10.1 Å². The minimum atomic E-state index is -0.191. The van der Waals surface area contributed by atoms with E-state index in [0.29, 0.717) is 15.8 Å². The molecule has 0 saturated carbocycles. The Kier molecular flexibility index (Phi) is 6.31. The highest BCUT2D eigenvalue weighted by atomic mass is 35.5. The Balaban J connectivity index is 1.93. The summed E-state index contributed by atoms with van der Waals surface area (Å²) in [5, 5.41) is 3.88. The molecular formula is C18H19Cl2NO2. The van der Waals surface area contributed by atoms with Gasteiger partial charge in [0.15, 0.2) is 6.61 Å². The Hall–Kier alpha value is -1.71. The largest absolute Gasteiger partial charge is 0.482 e. The predicted octanol–water partition coefficient (Wildman–Crippen LogP) is 4.95. The van der Waals surface area contributed by atoms with Crippen molar-refractivity contribution in [2.75, 3.05) is 6.61 Å². The van der Waals surface area contributed by atoms with Crippen molar-refractivity contribution in [3.63, 3.8) is 0 Å². The molecule has 0 fully saturated rings. The molecule has 0 aliphatic carbocycles. The lowest BCUT2D eigenvalue weighted by molar-refractivity contribution is -0.123. The second-order valence-corrected chi connectivity index (χ2v) is 6.15. The van der Waals surface area contributed by atoms with Gasteiger partial charge in [0.2, 0.25) is 0 Å². The standard InChI is InChI=1S/C18H19Cl2NO2/c1-3-16(13-6-4-12(2)5-7-13)21-18(22)11-23-17-9-8-14(19)10-15(17)20/h4-10,16H,3,11H2,1-2H3,(H,21,22). The minimum Gasteiger partial charge on any atom is -0.482 e. The fourth-order valence-electron chi connectivity index (χ4n) is 2.19. The normalized spacial score (nSPS) is 11.8. The van der Waals surface area contributed by atoms with Crippen LogP contribution in [0.1, 0.15) is 30.5 Å². The number of carbonyl (C=O) groups is 1. The number of carbonyl (C=O) groups excluding carboxylic acids is 1. The second kappa shape index (κ2) is 8.23. The third kappa shape index (κ3) is 5.15. The maximum atomic E-state index is 12.1. The number of benzene rings is 2. The van der Waals surface area contributed by atoms with Crippen molar-refractivity contribution >= 4 is 29.1 Å². The lowest BCUT2D eigenvalue weighted by Crippen LogP contribution is -2.32. The number of ether oxygens (including phenoxy) is 1. The molecule has 2 aromatic rings. The lowest BCUT2D eigenvalue weighted by atomic mass is 10.0. The molecule has 0 aromatic heterocycles. The Morgan fingerprint density at radius 3 is 2.48 bits per heavy atom. The van der Waals surface area contributed by atoms with Gasteiger partial charge in [-0.1, -0.05) is 60.0 Å². The first kappa shape index (κ1) is 17.6. The van der Waals surface area contributed by atoms with E-state index in [1.165, 1.54) is 5.56 Å². The molecule has 0 radical (unpaired) electrons. The van der Waals surface area contributed by atoms with Crippen LogP contribution in [0.4, 0.5) is 0 Å². The zero-order chi connectivity index (χ0) is 16.8. The predicted molar refractivity (Wildman–Crippen MR) is 94.3 cm³/mol. The van der Waals surface area contributed by atoms with Crippen LogP contribution in [0, 0.1) is 6.92 Å². The van der Waals surface area contributed by atoms with Gasteiger partial charge in [-0.15, -0.1) is 0 Å². The van der Waals surface area contributed by atoms with Crippen LogP contribution in [0.25, 0.3) is 0 Å². The maximum Gasteiger partial charge on any atom is 0.258 e. The van der Waals surface area contributed by atoms with E-state index in [1.54, 1.807) is 18.2 Å². The van der Waals surface area contributed by atoms with E-state index >= 15 is 0 Å². The van der Waals surface area contributed by atoms with E-state index in [4.69, 9.17) is 27.9 Å². The number of halogens is 2. The first-order chi connectivity index (χ1) is 11.0. The summed E-state index contributed by atoms with van der Waals surface area (Å²) in [6.45, 7) is 3.97. The van der Waals surface area contributed by atoms with Gasteiger partial charge in [0, 0.05) is 5.02 Å². The molecule has 1 unspecified atom stereocenters. The highest BCUT2D eigenvalue weighted by Gasteiger charge is 2.13. The third-order valence-electron chi connectivity index (χ3n) is 3.48. The van der Waals surface area contributed by atoms with Crippen LogP contribution in [0.2, 0.25) is 10.0 Å². The molecule has 0 heterocycles. The molecule has 1 N–H and O–H groups in total. The van der Waals surface area contributed by atoms with E-state index in [9.17, 15) is 4.79 Å². The van der Waals surface area contributed by atoms with Gasteiger partial charge < -0.3 is 10.1 Å². The second-order valence-electron chi connectivity index (χ2n) is 5.30. The molecule has 0 aliphatic rings. The lowest BCUT2D eigenvalue weighted by Gasteiger charge is -2.18. The van der Waals surface area contributed by atoms with Crippen molar-refractivity contribution in [3.05, 3.63) is 63.6 Å². The zero-order valence-corrected chi connectivity index (χ0v) is 14.6. The van der Waals surface area contributed by atoms with Gasteiger partial charge in [-0.25, -0.2) is 0 Å². The minimum absolute atomic E-state index is 0.0348. The topological polar surface area (TPSA) is 38.3 Å². The molecular weight excluding hydrogens is 333 g/mol. The molecule has 3 nitrogen and oxygen atoms in total. The van der Waals surface area contributed by atoms with Gasteiger partial charge in [0.1, 0.15) is 5.75 Å². The Morgan fingerprint density at radius 2 is 1.87 bits per heavy atom. The number of rotatable bonds is 6. The highest BCUT2D eigenvalue weighted by Crippen LogP contribution is 2.27. The van der Waals surface area contributed by atoms with Crippen molar-refractivity contribution in [2.24, 2.45) is 0 Å². The first-order valence-electron chi connectivity index (χ1n) is 7.43. The summed E-state index contributed by atoms with van der Waals surface area (Å²) in [7, 11) is 0. The SMILES string of the molecule is CCC(NC(=O)COc1ccc(Cl)cc1Cl)c1ccc(C)cc1. The molecule has 0 aliphatic heterocycles. The summed E-state index contributed by atoms with van der Waals surface area (Å²) in [4.78, 5) is 12.1. The molecule has 0 bridgehead atoms. The fraction of sp³-hybridized carbons (Fsp3) is 0.278. The summed E-state index contributed by atoms with van der Waals surface area (Å²) >= 11 is 11.8. The van der Waals surface area contributed by atoms with Gasteiger partial charge in [-0.05, 0) is 37.1 Å². The molecule has 0 saturated heterocycles. The van der Waals surface area contributed by atoms with Gasteiger partial charge in [-0.2, -0.15) is 0 Å². The van der Waals surface area contributed by atoms with Crippen LogP contribution in [-0.2, 0) is 4.79 Å². The fourth-order valence-corrected chi connectivity index (χ4v) is 2.65. The van der Waals surface area contributed by atoms with Gasteiger partial charge in [0.05, 0.1) is 11.1 Å². The van der Waals surface area contributed by atoms with Crippen molar-refractivity contribution in [2.45, 2.75) is 26.3 Å². The number of hydrogen-bond donors (Lipinski definition) is 1. The molecule has 5 heteroatoms. The molecule has 0 spiro atoms. The molecule has 1 atom stereocenters. The van der Waals surface area contributed by atoms with Crippen molar-refractivity contribution in [3.8, 4) is 5.75 Å². The first-order valence-corrected chi connectivity index (χ1v) is 8.19. The molecule has 23 heavy (non-hydrogen) atoms. The van der Waals surface area contributed by atoms with E-state index < -0.39 is 0 Å². The Labute approximate surface area is 146 Å². The van der Waals surface area contributed by atoms with Gasteiger partial charge in [-0.3, -0.25) is 4.79 Å². The number of amides is 1. The van der Waals surface area contributed by atoms with Gasteiger partial charge in [0.25, 0.3) is 5.91 Å². The van der Waals surface area contributed by atoms with E-state index in [1.807, 2.05) is 38.1 Å². The number of hydrogen-bond acceptors (Lipinski definition) is 2. The van der Waals surface area contributed by atoms with Crippen LogP contribution >= 0.6 is 23.2 Å². The summed E-state index contributed by atoms with van der Waals surface area (Å²) in [5.74, 6) is 0.248. The van der Waals surface area contributed by atoms with E-state index in [2.05, 4.69) is 5.32 Å². The number of nitrogens with one attached hydrogen (secondary N) is 1. The highest BCUT2D eigenvalue weighted by molar-refractivity contribution is 6.35. The summed E-state index contributed by atoms with van der Waals surface area (Å²) < 4.78 is 5.45. The van der Waals surface area contributed by atoms with Crippen LogP contribution in [0.3, 0.4) is 0 Å². The average molecular weight is 352 g/mol. The number of aryl methyl sites for hydroxylation is 1. The average Bonchev–Trinajstić information content (AvgIpc) is 2.52. The van der Waals surface area contributed by atoms with Crippen molar-refractivity contribution in [1.29, 1.82) is 0 Å². The van der Waals surface area contributed by atoms with E-state index in [0.717, 1.165) is 12.0 Å². The summed E-state index contributed by atoms with van der Waals surface area (Å²) in [6.07, 6.45) is 0.802. The van der Waals surface area contributed by atoms with Crippen LogP contribution in [0.15, 0.2) is 42.5 Å². The molecule has 2 aromatic carbocycles. The van der Waals surface area contributed by atoms with Crippen LogP contribution in [-0.4, -0.2) is 12.5 Å². The molecule has 2 rings (SSSR count). The quantitative estimate of drug-likeness (QED) is 0.799. The third-order valence-corrected chi connectivity index (χ3v) is 4.01. The van der Waals surface area contributed by atoms with Crippen molar-refractivity contribution < 1.29 is 9.53 Å². The maximum absolute atomic E-state index is 12.1. The smallest absolute Gasteiger partial charge is 0.258 e. The monoisotopic (exact) mass is 351 g/mol. The van der Waals surface area contributed by atoms with Gasteiger partial charge >= 0.3 is 0 Å². The van der Waals surface area contributed by atoms with Crippen LogP contribution in [0.5, 0.6) is 5.75 Å². The molecule has 122 valence electrons. The van der Waals surface area contributed by atoms with E-state index in [-0.39, 0.29) is 18.6 Å². The summed E-state index contributed by atoms with van der Waals surface area (Å²) in [6, 6.07) is 13.0.